The average molecular weight is 161 g/mol. The van der Waals surface area contributed by atoms with E-state index >= 15 is 0 Å². The fourth-order valence-electron chi connectivity index (χ4n) is 1.15. The summed E-state index contributed by atoms with van der Waals surface area (Å²) in [6.45, 7) is -0.780. The summed E-state index contributed by atoms with van der Waals surface area (Å²) >= 11 is 0. The highest BCUT2D eigenvalue weighted by Crippen LogP contribution is 2.18. The first-order valence-electron chi connectivity index (χ1n) is 3.27. The van der Waals surface area contributed by atoms with Gasteiger partial charge in [0.25, 0.3) is 0 Å². The fourth-order valence-corrected chi connectivity index (χ4v) is 1.15. The van der Waals surface area contributed by atoms with E-state index < -0.39 is 24.7 Å². The molecule has 11 heavy (non-hydrogen) atoms. The van der Waals surface area contributed by atoms with E-state index in [9.17, 15) is 14.0 Å². The molecule has 0 aromatic heterocycles. The Balaban J connectivity index is 2.71. The van der Waals surface area contributed by atoms with Crippen molar-refractivity contribution in [2.45, 2.75) is 18.9 Å². The Morgan fingerprint density at radius 1 is 1.82 bits per heavy atom. The van der Waals surface area contributed by atoms with Gasteiger partial charge in [-0.3, -0.25) is 4.79 Å². The third kappa shape index (κ3) is 1.31. The lowest BCUT2D eigenvalue weighted by Gasteiger charge is -2.15. The van der Waals surface area contributed by atoms with Gasteiger partial charge in [-0.2, -0.15) is 0 Å². The Hall–Kier alpha value is -1.13. The molecule has 0 aromatic carbocycles. The zero-order valence-corrected chi connectivity index (χ0v) is 5.79. The average Bonchev–Trinajstić information content (AvgIpc) is 2.30. The first kappa shape index (κ1) is 7.97. The molecule has 0 radical (unpaired) electrons. The summed E-state index contributed by atoms with van der Waals surface area (Å²) in [4.78, 5) is 21.7. The Morgan fingerprint density at radius 2 is 2.45 bits per heavy atom. The maximum Gasteiger partial charge on any atom is 0.414 e. The Kier molecular flexibility index (Phi) is 2.07. The van der Waals surface area contributed by atoms with Crippen molar-refractivity contribution in [3.8, 4) is 0 Å². The highest BCUT2D eigenvalue weighted by Gasteiger charge is 2.35. The van der Waals surface area contributed by atoms with Gasteiger partial charge < -0.3 is 5.11 Å². The van der Waals surface area contributed by atoms with Gasteiger partial charge in [0.1, 0.15) is 6.67 Å². The lowest BCUT2D eigenvalue weighted by atomic mass is 10.2. The maximum atomic E-state index is 12.0. The van der Waals surface area contributed by atoms with E-state index in [-0.39, 0.29) is 6.42 Å². The quantitative estimate of drug-likeness (QED) is 0.613. The summed E-state index contributed by atoms with van der Waals surface area (Å²) in [6, 6.07) is -0.750. The summed E-state index contributed by atoms with van der Waals surface area (Å²) in [6.07, 6.45) is -0.905. The molecule has 4 nitrogen and oxygen atoms in total. The Bertz CT molecular complexity index is 194. The smallest absolute Gasteiger partial charge is 0.414 e. The molecule has 0 unspecified atom stereocenters. The van der Waals surface area contributed by atoms with E-state index in [0.717, 1.165) is 0 Å². The number of imide groups is 1. The van der Waals surface area contributed by atoms with Crippen LogP contribution in [0, 0.1) is 0 Å². The van der Waals surface area contributed by atoms with Crippen molar-refractivity contribution in [2.75, 3.05) is 6.67 Å². The normalized spacial score (nSPS) is 24.3. The Labute approximate surface area is 62.6 Å². The summed E-state index contributed by atoms with van der Waals surface area (Å²) in [5.74, 6) is -0.500. The van der Waals surface area contributed by atoms with Crippen LogP contribution in [0.15, 0.2) is 0 Å². The standard InChI is InChI=1S/C6H8FNO3/c7-3-4-1-2-5(9)8(4)6(10)11/h4H,1-3H2,(H,10,11)/t4-/m1/s1. The second-order valence-electron chi connectivity index (χ2n) is 2.39. The van der Waals surface area contributed by atoms with Gasteiger partial charge in [0.05, 0.1) is 6.04 Å². The van der Waals surface area contributed by atoms with Gasteiger partial charge in [-0.15, -0.1) is 0 Å². The predicted molar refractivity (Wildman–Crippen MR) is 33.9 cm³/mol. The molecule has 1 aliphatic rings. The minimum absolute atomic E-state index is 0.140. The number of halogens is 1. The molecule has 0 spiro atoms. The minimum Gasteiger partial charge on any atom is -0.465 e. The number of hydrogen-bond donors (Lipinski definition) is 1. The minimum atomic E-state index is -1.35. The van der Waals surface area contributed by atoms with Gasteiger partial charge >= 0.3 is 6.09 Å². The van der Waals surface area contributed by atoms with Crippen molar-refractivity contribution in [3.05, 3.63) is 0 Å². The fraction of sp³-hybridized carbons (Fsp3) is 0.667. The van der Waals surface area contributed by atoms with E-state index in [1.807, 2.05) is 0 Å². The van der Waals surface area contributed by atoms with Gasteiger partial charge in [0.15, 0.2) is 0 Å². The van der Waals surface area contributed by atoms with Crippen LogP contribution in [0.1, 0.15) is 12.8 Å². The van der Waals surface area contributed by atoms with Crippen molar-refractivity contribution in [2.24, 2.45) is 0 Å². The number of carboxylic acid groups (broad SMARTS) is 1. The van der Waals surface area contributed by atoms with Gasteiger partial charge in [-0.1, -0.05) is 0 Å². The number of hydrogen-bond acceptors (Lipinski definition) is 2. The summed E-state index contributed by atoms with van der Waals surface area (Å²) < 4.78 is 12.0. The molecule has 1 heterocycles. The monoisotopic (exact) mass is 161 g/mol. The van der Waals surface area contributed by atoms with Crippen LogP contribution < -0.4 is 0 Å². The molecule has 1 atom stereocenters. The molecule has 0 bridgehead atoms. The molecule has 0 saturated carbocycles. The lowest BCUT2D eigenvalue weighted by Crippen LogP contribution is -2.38. The van der Waals surface area contributed by atoms with Gasteiger partial charge in [0, 0.05) is 6.42 Å². The third-order valence-electron chi connectivity index (χ3n) is 1.71. The largest absolute Gasteiger partial charge is 0.465 e. The van der Waals surface area contributed by atoms with Crippen LogP contribution in [-0.4, -0.2) is 34.7 Å². The van der Waals surface area contributed by atoms with E-state index in [1.165, 1.54) is 0 Å². The molecule has 2 amide bonds. The molecular weight excluding hydrogens is 153 g/mol. The topological polar surface area (TPSA) is 57.6 Å². The van der Waals surface area contributed by atoms with Crippen LogP contribution in [0.3, 0.4) is 0 Å². The van der Waals surface area contributed by atoms with Crippen LogP contribution in [0.2, 0.25) is 0 Å². The number of alkyl halides is 1. The number of rotatable bonds is 1. The summed E-state index contributed by atoms with van der Waals surface area (Å²) in [7, 11) is 0. The maximum absolute atomic E-state index is 12.0. The van der Waals surface area contributed by atoms with E-state index in [0.29, 0.717) is 11.3 Å². The zero-order valence-electron chi connectivity index (χ0n) is 5.79. The second kappa shape index (κ2) is 2.86. The summed E-state index contributed by atoms with van der Waals surface area (Å²) in [5, 5.41) is 8.42. The molecule has 1 aliphatic heterocycles. The lowest BCUT2D eigenvalue weighted by molar-refractivity contribution is -0.127. The number of carbonyl (C=O) groups is 2. The number of amides is 2. The van der Waals surface area contributed by atoms with Crippen molar-refractivity contribution in [1.82, 2.24) is 4.90 Å². The van der Waals surface area contributed by atoms with Crippen LogP contribution in [0.4, 0.5) is 9.18 Å². The predicted octanol–water partition coefficient (Wildman–Crippen LogP) is 0.625. The van der Waals surface area contributed by atoms with Crippen LogP contribution in [0.25, 0.3) is 0 Å². The molecule has 1 rings (SSSR count). The van der Waals surface area contributed by atoms with Crippen LogP contribution in [0.5, 0.6) is 0 Å². The SMILES string of the molecule is O=C(O)N1C(=O)CC[C@@H]1CF. The van der Waals surface area contributed by atoms with Crippen molar-refractivity contribution in [3.63, 3.8) is 0 Å². The number of carbonyl (C=O) groups excluding carboxylic acids is 1. The van der Waals surface area contributed by atoms with Gasteiger partial charge in [-0.05, 0) is 6.42 Å². The highest BCUT2D eigenvalue weighted by atomic mass is 19.1. The van der Waals surface area contributed by atoms with E-state index in [2.05, 4.69) is 0 Å². The molecule has 0 aliphatic carbocycles. The molecule has 62 valence electrons. The zero-order chi connectivity index (χ0) is 8.43. The Morgan fingerprint density at radius 3 is 2.82 bits per heavy atom. The number of likely N-dealkylation sites (tertiary alicyclic amines) is 1. The first-order valence-corrected chi connectivity index (χ1v) is 3.27. The second-order valence-corrected chi connectivity index (χ2v) is 2.39. The van der Waals surface area contributed by atoms with Crippen molar-refractivity contribution in [1.29, 1.82) is 0 Å². The molecule has 1 fully saturated rings. The molecule has 1 saturated heterocycles. The van der Waals surface area contributed by atoms with Crippen LogP contribution >= 0.6 is 0 Å². The summed E-state index contributed by atoms with van der Waals surface area (Å²) in [5.41, 5.74) is 0. The van der Waals surface area contributed by atoms with Gasteiger partial charge in [0.2, 0.25) is 5.91 Å². The van der Waals surface area contributed by atoms with Crippen molar-refractivity contribution >= 4 is 12.0 Å². The van der Waals surface area contributed by atoms with E-state index in [4.69, 9.17) is 5.11 Å². The van der Waals surface area contributed by atoms with Crippen LogP contribution in [-0.2, 0) is 4.79 Å². The highest BCUT2D eigenvalue weighted by molar-refractivity contribution is 5.93. The molecule has 1 N–H and O–H groups in total. The molecular formula is C6H8FNO3. The molecule has 5 heteroatoms. The van der Waals surface area contributed by atoms with Gasteiger partial charge in [-0.25, -0.2) is 14.1 Å². The first-order chi connectivity index (χ1) is 5.16. The van der Waals surface area contributed by atoms with Crippen molar-refractivity contribution < 1.29 is 19.1 Å². The number of nitrogens with zero attached hydrogens (tertiary/aromatic N) is 1. The third-order valence-corrected chi connectivity index (χ3v) is 1.71. The van der Waals surface area contributed by atoms with E-state index in [1.54, 1.807) is 0 Å². The molecule has 0 aromatic rings.